The smallest absolute Gasteiger partial charge is 0.319 e. The van der Waals surface area contributed by atoms with Crippen molar-refractivity contribution >= 4 is 17.6 Å². The zero-order chi connectivity index (χ0) is 13.2. The van der Waals surface area contributed by atoms with Crippen LogP contribution in [0.2, 0.25) is 0 Å². The predicted octanol–water partition coefficient (Wildman–Crippen LogP) is 0.681. The van der Waals surface area contributed by atoms with Crippen LogP contribution in [-0.2, 0) is 0 Å². The lowest BCUT2D eigenvalue weighted by Gasteiger charge is -2.03. The Morgan fingerprint density at radius 3 is 2.41 bits per heavy atom. The molecule has 0 aliphatic rings. The van der Waals surface area contributed by atoms with Gasteiger partial charge in [-0.2, -0.15) is 4.39 Å². The summed E-state index contributed by atoms with van der Waals surface area (Å²) >= 11 is 0. The van der Waals surface area contributed by atoms with Crippen LogP contribution < -0.4 is 11.1 Å². The number of rotatable bonds is 2. The van der Waals surface area contributed by atoms with Crippen molar-refractivity contribution in [2.24, 2.45) is 5.73 Å². The van der Waals surface area contributed by atoms with Gasteiger partial charge in [-0.15, -0.1) is 0 Å². The molecular weight excluding hydrogens is 240 g/mol. The van der Waals surface area contributed by atoms with E-state index in [1.54, 1.807) is 0 Å². The van der Waals surface area contributed by atoms with Gasteiger partial charge in [0.25, 0.3) is 5.91 Å². The average Bonchev–Trinajstić information content (AvgIpc) is 2.19. The number of nitrogens with two attached hydrogens (primary N) is 1. The summed E-state index contributed by atoms with van der Waals surface area (Å²) in [6, 6.07) is -0.557. The number of nitro benzene ring substituents is 1. The third-order valence-corrected chi connectivity index (χ3v) is 1.70. The van der Waals surface area contributed by atoms with Gasteiger partial charge in [0.1, 0.15) is 5.82 Å². The van der Waals surface area contributed by atoms with Gasteiger partial charge < -0.3 is 5.73 Å². The van der Waals surface area contributed by atoms with Crippen LogP contribution in [0.15, 0.2) is 12.1 Å². The van der Waals surface area contributed by atoms with E-state index in [-0.39, 0.29) is 0 Å². The molecule has 9 heteroatoms. The summed E-state index contributed by atoms with van der Waals surface area (Å²) in [5.74, 6) is -4.10. The fourth-order valence-corrected chi connectivity index (χ4v) is 1.05. The van der Waals surface area contributed by atoms with Crippen LogP contribution in [0.3, 0.4) is 0 Å². The van der Waals surface area contributed by atoms with Crippen molar-refractivity contribution in [3.63, 3.8) is 0 Å². The maximum absolute atomic E-state index is 13.4. The maximum atomic E-state index is 13.4. The van der Waals surface area contributed by atoms with Gasteiger partial charge in [-0.05, 0) is 6.07 Å². The largest absolute Gasteiger partial charge is 0.351 e. The first kappa shape index (κ1) is 12.5. The van der Waals surface area contributed by atoms with Crippen molar-refractivity contribution in [3.8, 4) is 0 Å². The Hall–Kier alpha value is -2.58. The van der Waals surface area contributed by atoms with Gasteiger partial charge in [0.2, 0.25) is 5.82 Å². The summed E-state index contributed by atoms with van der Waals surface area (Å²) in [5, 5.41) is 11.8. The van der Waals surface area contributed by atoms with Crippen molar-refractivity contribution in [1.82, 2.24) is 5.32 Å². The molecule has 90 valence electrons. The van der Waals surface area contributed by atoms with E-state index in [0.717, 1.165) is 0 Å². The molecule has 0 bridgehead atoms. The van der Waals surface area contributed by atoms with Gasteiger partial charge >= 0.3 is 11.7 Å². The minimum atomic E-state index is -1.55. The summed E-state index contributed by atoms with van der Waals surface area (Å²) in [6.45, 7) is 0. The molecule has 1 aromatic rings. The Morgan fingerprint density at radius 1 is 1.35 bits per heavy atom. The van der Waals surface area contributed by atoms with E-state index in [1.807, 2.05) is 0 Å². The molecule has 0 fully saturated rings. The Kier molecular flexibility index (Phi) is 3.31. The van der Waals surface area contributed by atoms with Gasteiger partial charge in [0.05, 0.1) is 16.6 Å². The van der Waals surface area contributed by atoms with Gasteiger partial charge in [0.15, 0.2) is 0 Å². The maximum Gasteiger partial charge on any atom is 0.319 e. The lowest BCUT2D eigenvalue weighted by Crippen LogP contribution is -2.35. The monoisotopic (exact) mass is 245 g/mol. The molecule has 0 spiro atoms. The third-order valence-electron chi connectivity index (χ3n) is 1.70. The predicted molar refractivity (Wildman–Crippen MR) is 50.1 cm³/mol. The van der Waals surface area contributed by atoms with Crippen LogP contribution in [-0.4, -0.2) is 16.9 Å². The molecule has 7 nitrogen and oxygen atoms in total. The number of nitrogens with one attached hydrogen (secondary N) is 1. The Labute approximate surface area is 92.4 Å². The second-order valence-electron chi connectivity index (χ2n) is 2.86. The molecule has 0 atom stereocenters. The van der Waals surface area contributed by atoms with Crippen molar-refractivity contribution in [1.29, 1.82) is 0 Å². The number of halogens is 2. The molecule has 0 radical (unpaired) electrons. The molecule has 0 heterocycles. The zero-order valence-corrected chi connectivity index (χ0v) is 8.07. The number of amides is 3. The Balaban J connectivity index is 3.29. The SMILES string of the molecule is NC(=O)NC(=O)c1cc(F)cc([N+](=O)[O-])c1F. The highest BCUT2D eigenvalue weighted by molar-refractivity contribution is 6.04. The van der Waals surface area contributed by atoms with E-state index in [2.05, 4.69) is 5.73 Å². The summed E-state index contributed by atoms with van der Waals surface area (Å²) in [6.07, 6.45) is 0. The highest BCUT2D eigenvalue weighted by Gasteiger charge is 2.24. The first-order valence-electron chi connectivity index (χ1n) is 4.07. The topological polar surface area (TPSA) is 115 Å². The molecule has 0 saturated carbocycles. The molecule has 0 saturated heterocycles. The molecular formula is C8H5F2N3O4. The molecule has 3 N–H and O–H groups in total. The highest BCUT2D eigenvalue weighted by Crippen LogP contribution is 2.22. The zero-order valence-electron chi connectivity index (χ0n) is 8.07. The summed E-state index contributed by atoms with van der Waals surface area (Å²) < 4.78 is 26.3. The Bertz CT molecular complexity index is 518. The van der Waals surface area contributed by atoms with Gasteiger partial charge in [-0.3, -0.25) is 20.2 Å². The van der Waals surface area contributed by atoms with Crippen LogP contribution in [0.1, 0.15) is 10.4 Å². The van der Waals surface area contributed by atoms with Crippen LogP contribution in [0, 0.1) is 21.7 Å². The van der Waals surface area contributed by atoms with Crippen LogP contribution in [0.4, 0.5) is 19.3 Å². The number of nitro groups is 1. The van der Waals surface area contributed by atoms with E-state index in [0.29, 0.717) is 12.1 Å². The number of benzene rings is 1. The fraction of sp³-hybridized carbons (Fsp3) is 0. The fourth-order valence-electron chi connectivity index (χ4n) is 1.05. The molecule has 0 aromatic heterocycles. The average molecular weight is 245 g/mol. The lowest BCUT2D eigenvalue weighted by atomic mass is 10.1. The number of urea groups is 1. The number of hydrogen-bond donors (Lipinski definition) is 2. The lowest BCUT2D eigenvalue weighted by molar-refractivity contribution is -0.387. The van der Waals surface area contributed by atoms with Crippen molar-refractivity contribution in [3.05, 3.63) is 39.4 Å². The van der Waals surface area contributed by atoms with Crippen molar-refractivity contribution in [2.75, 3.05) is 0 Å². The van der Waals surface area contributed by atoms with Gasteiger partial charge in [-0.25, -0.2) is 9.18 Å². The molecule has 1 rings (SSSR count). The molecule has 3 amide bonds. The number of nitrogens with zero attached hydrogens (tertiary/aromatic N) is 1. The summed E-state index contributed by atoms with van der Waals surface area (Å²) in [5.41, 5.74) is 2.41. The standard InChI is InChI=1S/C8H5F2N3O4/c9-3-1-4(7(14)12-8(11)15)6(10)5(2-3)13(16)17/h1-2H,(H3,11,12,14,15). The number of imide groups is 1. The third kappa shape index (κ3) is 2.71. The second-order valence-corrected chi connectivity index (χ2v) is 2.86. The number of carbonyl (C=O) groups is 2. The van der Waals surface area contributed by atoms with Crippen molar-refractivity contribution < 1.29 is 23.3 Å². The van der Waals surface area contributed by atoms with Gasteiger partial charge in [-0.1, -0.05) is 0 Å². The summed E-state index contributed by atoms with van der Waals surface area (Å²) in [4.78, 5) is 30.7. The highest BCUT2D eigenvalue weighted by atomic mass is 19.1. The molecule has 17 heavy (non-hydrogen) atoms. The first-order chi connectivity index (χ1) is 7.82. The minimum absolute atomic E-state index is 0.316. The molecule has 0 unspecified atom stereocenters. The van der Waals surface area contributed by atoms with E-state index in [1.165, 1.54) is 5.32 Å². The minimum Gasteiger partial charge on any atom is -0.351 e. The number of carbonyl (C=O) groups excluding carboxylic acids is 2. The van der Waals surface area contributed by atoms with Gasteiger partial charge in [0, 0.05) is 0 Å². The normalized spacial score (nSPS) is 9.76. The number of primary amides is 1. The molecule has 1 aromatic carbocycles. The number of hydrogen-bond acceptors (Lipinski definition) is 4. The van der Waals surface area contributed by atoms with E-state index in [9.17, 15) is 28.5 Å². The van der Waals surface area contributed by atoms with Crippen molar-refractivity contribution in [2.45, 2.75) is 0 Å². The van der Waals surface area contributed by atoms with E-state index >= 15 is 0 Å². The quantitative estimate of drug-likeness (QED) is 0.588. The van der Waals surface area contributed by atoms with E-state index < -0.39 is 39.7 Å². The Morgan fingerprint density at radius 2 is 1.94 bits per heavy atom. The summed E-state index contributed by atoms with van der Waals surface area (Å²) in [7, 11) is 0. The first-order valence-corrected chi connectivity index (χ1v) is 4.07. The van der Waals surface area contributed by atoms with Crippen LogP contribution in [0.25, 0.3) is 0 Å². The molecule has 0 aliphatic carbocycles. The van der Waals surface area contributed by atoms with Crippen LogP contribution >= 0.6 is 0 Å². The second kappa shape index (κ2) is 4.51. The van der Waals surface area contributed by atoms with Crippen LogP contribution in [0.5, 0.6) is 0 Å². The molecule has 0 aliphatic heterocycles. The van der Waals surface area contributed by atoms with E-state index in [4.69, 9.17) is 0 Å².